The second-order valence-electron chi connectivity index (χ2n) is 8.25. The van der Waals surface area contributed by atoms with Gasteiger partial charge in [-0.2, -0.15) is 0 Å². The summed E-state index contributed by atoms with van der Waals surface area (Å²) in [5.41, 5.74) is 2.40. The third-order valence-corrected chi connectivity index (χ3v) is 6.26. The van der Waals surface area contributed by atoms with Gasteiger partial charge in [0, 0.05) is 17.4 Å². The first-order chi connectivity index (χ1) is 17.5. The molecule has 2 atom stereocenters. The number of nitrogens with one attached hydrogen (secondary N) is 2. The minimum Gasteiger partial charge on any atom is -0.478 e. The highest BCUT2D eigenvalue weighted by atomic mass is 32.1. The molecular weight excluding hydrogens is 476 g/mol. The van der Waals surface area contributed by atoms with Crippen molar-refractivity contribution in [2.45, 2.75) is 12.1 Å². The molecule has 0 saturated carbocycles. The Bertz CT molecular complexity index is 1390. The first-order valence-electron chi connectivity index (χ1n) is 11.3. The van der Waals surface area contributed by atoms with E-state index in [0.717, 1.165) is 11.3 Å². The molecule has 180 valence electrons. The normalized spacial score (nSPS) is 17.0. The van der Waals surface area contributed by atoms with Gasteiger partial charge in [-0.05, 0) is 60.7 Å². The second kappa shape index (κ2) is 10.0. The van der Waals surface area contributed by atoms with E-state index < -0.39 is 12.0 Å². The zero-order valence-corrected chi connectivity index (χ0v) is 19.8. The number of aromatic nitrogens is 1. The van der Waals surface area contributed by atoms with Crippen LogP contribution in [0.2, 0.25) is 0 Å². The summed E-state index contributed by atoms with van der Waals surface area (Å²) in [7, 11) is 0. The van der Waals surface area contributed by atoms with Crippen molar-refractivity contribution >= 4 is 34.9 Å². The molecule has 8 nitrogen and oxygen atoms in total. The average Bonchev–Trinajstić information content (AvgIpc) is 3.50. The molecule has 0 aliphatic carbocycles. The summed E-state index contributed by atoms with van der Waals surface area (Å²) in [5.74, 6) is -0.0287. The van der Waals surface area contributed by atoms with E-state index >= 15 is 0 Å². The molecule has 1 amide bonds. The number of carbonyl (C=O) groups excluding carboxylic acids is 1. The minimum absolute atomic E-state index is 0.0120. The van der Waals surface area contributed by atoms with Crippen LogP contribution in [0, 0.1) is 0 Å². The van der Waals surface area contributed by atoms with Crippen molar-refractivity contribution in [3.63, 3.8) is 0 Å². The Morgan fingerprint density at radius 1 is 1.00 bits per heavy atom. The molecule has 5 rings (SSSR count). The molecule has 2 aromatic heterocycles. The number of hydrogen-bond acceptors (Lipinski definition) is 5. The van der Waals surface area contributed by atoms with Crippen molar-refractivity contribution in [1.29, 1.82) is 0 Å². The Labute approximate surface area is 212 Å². The molecule has 0 spiro atoms. The van der Waals surface area contributed by atoms with Gasteiger partial charge in [0.1, 0.15) is 24.1 Å². The van der Waals surface area contributed by atoms with Crippen molar-refractivity contribution in [3.8, 4) is 11.3 Å². The van der Waals surface area contributed by atoms with Crippen molar-refractivity contribution in [2.75, 3.05) is 11.9 Å². The monoisotopic (exact) mass is 498 g/mol. The molecule has 4 aromatic rings. The van der Waals surface area contributed by atoms with Crippen LogP contribution in [-0.2, 0) is 4.79 Å². The molecule has 9 heteroatoms. The lowest BCUT2D eigenvalue weighted by Gasteiger charge is -2.25. The van der Waals surface area contributed by atoms with Gasteiger partial charge in [-0.3, -0.25) is 9.78 Å². The van der Waals surface area contributed by atoms with Crippen LogP contribution in [0.5, 0.6) is 0 Å². The predicted molar refractivity (Wildman–Crippen MR) is 138 cm³/mol. The highest BCUT2D eigenvalue weighted by Crippen LogP contribution is 2.40. The first-order valence-corrected chi connectivity index (χ1v) is 11.7. The third-order valence-electron chi connectivity index (χ3n) is 5.90. The van der Waals surface area contributed by atoms with E-state index in [9.17, 15) is 9.59 Å². The number of pyridine rings is 1. The lowest BCUT2D eigenvalue weighted by molar-refractivity contribution is -0.116. The lowest BCUT2D eigenvalue weighted by atomic mass is 10.0. The molecule has 2 aromatic carbocycles. The van der Waals surface area contributed by atoms with E-state index in [1.54, 1.807) is 23.2 Å². The van der Waals surface area contributed by atoms with Crippen LogP contribution in [0.3, 0.4) is 0 Å². The van der Waals surface area contributed by atoms with Crippen LogP contribution in [0.1, 0.15) is 33.9 Å². The number of carboxylic acids is 1. The number of hydrogen-bond donors (Lipinski definition) is 3. The van der Waals surface area contributed by atoms with Crippen molar-refractivity contribution in [1.82, 2.24) is 15.2 Å². The molecule has 1 fully saturated rings. The SMILES string of the molecule is O=C(CN1C(=S)N[C@@H](c2ccccn2)[C@@H]1c1ccc(-c2ccc(C(=O)O)cc2)o1)Nc1ccccc1. The van der Waals surface area contributed by atoms with E-state index in [4.69, 9.17) is 21.7 Å². The Hall–Kier alpha value is -4.50. The van der Waals surface area contributed by atoms with Crippen LogP contribution in [0.15, 0.2) is 95.5 Å². The van der Waals surface area contributed by atoms with Crippen LogP contribution in [-0.4, -0.2) is 38.5 Å². The van der Waals surface area contributed by atoms with Crippen molar-refractivity contribution in [3.05, 3.63) is 108 Å². The number of anilines is 1. The van der Waals surface area contributed by atoms with Gasteiger partial charge in [0.2, 0.25) is 5.91 Å². The van der Waals surface area contributed by atoms with E-state index in [1.165, 1.54) is 12.1 Å². The number of nitrogens with zero attached hydrogens (tertiary/aromatic N) is 2. The Kier molecular flexibility index (Phi) is 6.46. The maximum atomic E-state index is 12.9. The minimum atomic E-state index is -0.991. The fraction of sp³-hybridized carbons (Fsp3) is 0.111. The number of para-hydroxylation sites is 1. The van der Waals surface area contributed by atoms with E-state index in [-0.39, 0.29) is 24.1 Å². The van der Waals surface area contributed by atoms with Crippen LogP contribution in [0.4, 0.5) is 5.69 Å². The van der Waals surface area contributed by atoms with Gasteiger partial charge in [-0.15, -0.1) is 0 Å². The first kappa shape index (κ1) is 23.3. The third kappa shape index (κ3) is 4.82. The second-order valence-corrected chi connectivity index (χ2v) is 8.64. The fourth-order valence-corrected chi connectivity index (χ4v) is 4.51. The number of benzene rings is 2. The molecule has 3 N–H and O–H groups in total. The smallest absolute Gasteiger partial charge is 0.335 e. The quantitative estimate of drug-likeness (QED) is 0.316. The van der Waals surface area contributed by atoms with E-state index in [2.05, 4.69) is 15.6 Å². The number of aromatic carboxylic acids is 1. The standard InChI is InChI=1S/C27H22N4O4S/c32-23(29-19-6-2-1-3-7-19)16-31-25(24(30-27(31)36)20-8-4-5-15-28-20)22-14-13-21(35-22)17-9-11-18(12-10-17)26(33)34/h1-15,24-25H,16H2,(H,29,32)(H,30,36)(H,33,34)/t24-,25-/m0/s1. The number of carbonyl (C=O) groups is 2. The summed E-state index contributed by atoms with van der Waals surface area (Å²) in [6.45, 7) is 0.0120. The summed E-state index contributed by atoms with van der Waals surface area (Å²) < 4.78 is 6.24. The van der Waals surface area contributed by atoms with Crippen LogP contribution in [0.25, 0.3) is 11.3 Å². The van der Waals surface area contributed by atoms with Gasteiger partial charge >= 0.3 is 5.97 Å². The molecule has 1 saturated heterocycles. The van der Waals surface area contributed by atoms with Crippen molar-refractivity contribution in [2.24, 2.45) is 0 Å². The number of furan rings is 1. The molecule has 0 radical (unpaired) electrons. The highest BCUT2D eigenvalue weighted by molar-refractivity contribution is 7.80. The van der Waals surface area contributed by atoms with Gasteiger partial charge < -0.3 is 25.1 Å². The van der Waals surface area contributed by atoms with E-state index in [1.807, 2.05) is 60.7 Å². The van der Waals surface area contributed by atoms with Gasteiger partial charge in [0.05, 0.1) is 17.3 Å². The van der Waals surface area contributed by atoms with E-state index in [0.29, 0.717) is 22.3 Å². The largest absolute Gasteiger partial charge is 0.478 e. The van der Waals surface area contributed by atoms with Gasteiger partial charge in [0.15, 0.2) is 5.11 Å². The molecule has 1 aliphatic rings. The maximum absolute atomic E-state index is 12.9. The lowest BCUT2D eigenvalue weighted by Crippen LogP contribution is -2.36. The number of carboxylic acid groups (broad SMARTS) is 1. The zero-order valence-electron chi connectivity index (χ0n) is 19.0. The molecular formula is C27H22N4O4S. The van der Waals surface area contributed by atoms with Gasteiger partial charge in [-0.25, -0.2) is 4.79 Å². The summed E-state index contributed by atoms with van der Waals surface area (Å²) >= 11 is 5.63. The molecule has 0 bridgehead atoms. The predicted octanol–water partition coefficient (Wildman–Crippen LogP) is 4.65. The van der Waals surface area contributed by atoms with Gasteiger partial charge in [0.25, 0.3) is 0 Å². The number of rotatable bonds is 7. The maximum Gasteiger partial charge on any atom is 0.335 e. The zero-order chi connectivity index (χ0) is 25.1. The van der Waals surface area contributed by atoms with Gasteiger partial charge in [-0.1, -0.05) is 36.4 Å². The number of thiocarbonyl (C=S) groups is 1. The van der Waals surface area contributed by atoms with Crippen LogP contribution >= 0.6 is 12.2 Å². The average molecular weight is 499 g/mol. The summed E-state index contributed by atoms with van der Waals surface area (Å²) in [6, 6.07) is 24.2. The highest BCUT2D eigenvalue weighted by Gasteiger charge is 2.42. The molecule has 0 unspecified atom stereocenters. The fourth-order valence-electron chi connectivity index (χ4n) is 4.21. The Balaban J connectivity index is 1.45. The van der Waals surface area contributed by atoms with Crippen LogP contribution < -0.4 is 10.6 Å². The number of amides is 1. The summed E-state index contributed by atoms with van der Waals surface area (Å²) in [5, 5.41) is 15.8. The van der Waals surface area contributed by atoms with Crippen molar-refractivity contribution < 1.29 is 19.1 Å². The molecule has 1 aliphatic heterocycles. The molecule has 36 heavy (non-hydrogen) atoms. The Morgan fingerprint density at radius 3 is 2.44 bits per heavy atom. The summed E-state index contributed by atoms with van der Waals surface area (Å²) in [6.07, 6.45) is 1.71. The molecule has 3 heterocycles. The summed E-state index contributed by atoms with van der Waals surface area (Å²) in [4.78, 5) is 30.4. The Morgan fingerprint density at radius 2 is 1.75 bits per heavy atom. The topological polar surface area (TPSA) is 108 Å².